The highest BCUT2D eigenvalue weighted by atomic mass is 35.5. The van der Waals surface area contributed by atoms with Gasteiger partial charge in [0.25, 0.3) is 0 Å². The summed E-state index contributed by atoms with van der Waals surface area (Å²) in [7, 11) is -2.28. The fourth-order valence-corrected chi connectivity index (χ4v) is 5.33. The molecule has 1 fully saturated rings. The van der Waals surface area contributed by atoms with Crippen LogP contribution in [0.5, 0.6) is 5.75 Å². The first-order valence-corrected chi connectivity index (χ1v) is 11.3. The zero-order valence-electron chi connectivity index (χ0n) is 16.7. The number of hydrogen-bond acceptors (Lipinski definition) is 4. The van der Waals surface area contributed by atoms with Crippen LogP contribution in [-0.4, -0.2) is 38.8 Å². The average molecular weight is 437 g/mol. The number of ether oxygens (including phenoxy) is 1. The minimum atomic E-state index is -3.75. The van der Waals surface area contributed by atoms with Crippen molar-refractivity contribution >= 4 is 33.2 Å². The van der Waals surface area contributed by atoms with Gasteiger partial charge in [0.1, 0.15) is 5.75 Å². The number of nitrogens with zero attached hydrogens (tertiary/aromatic N) is 1. The van der Waals surface area contributed by atoms with Gasteiger partial charge in [-0.3, -0.25) is 4.79 Å². The van der Waals surface area contributed by atoms with E-state index in [1.165, 1.54) is 29.6 Å². The van der Waals surface area contributed by atoms with Crippen molar-refractivity contribution < 1.29 is 17.9 Å². The molecule has 29 heavy (non-hydrogen) atoms. The lowest BCUT2D eigenvalue weighted by Gasteiger charge is -2.31. The third-order valence-corrected chi connectivity index (χ3v) is 7.53. The zero-order valence-corrected chi connectivity index (χ0v) is 18.3. The largest absolute Gasteiger partial charge is 0.495 e. The molecule has 0 bridgehead atoms. The maximum Gasteiger partial charge on any atom is 0.243 e. The Morgan fingerprint density at radius 3 is 2.69 bits per heavy atom. The number of halogens is 1. The molecule has 1 N–H and O–H groups in total. The van der Waals surface area contributed by atoms with Crippen molar-refractivity contribution in [3.8, 4) is 5.75 Å². The predicted molar refractivity (Wildman–Crippen MR) is 114 cm³/mol. The number of anilines is 1. The van der Waals surface area contributed by atoms with Crippen LogP contribution >= 0.6 is 11.6 Å². The Kier molecular flexibility index (Phi) is 6.51. The van der Waals surface area contributed by atoms with E-state index < -0.39 is 15.9 Å². The molecule has 2 aromatic carbocycles. The number of aryl methyl sites for hydroxylation is 1. The van der Waals surface area contributed by atoms with Crippen molar-refractivity contribution in [2.24, 2.45) is 5.92 Å². The van der Waals surface area contributed by atoms with Crippen molar-refractivity contribution in [3.63, 3.8) is 0 Å². The lowest BCUT2D eigenvalue weighted by molar-refractivity contribution is -0.120. The lowest BCUT2D eigenvalue weighted by atomic mass is 9.98. The SMILES string of the molecule is COc1ccc(S(=O)(=O)N2CCC[C@@H](C(=O)Nc3cccc(C)c3C)C2)cc1Cl. The van der Waals surface area contributed by atoms with Crippen LogP contribution in [0.2, 0.25) is 5.02 Å². The summed E-state index contributed by atoms with van der Waals surface area (Å²) in [5, 5.41) is 3.19. The van der Waals surface area contributed by atoms with Crippen LogP contribution in [0.4, 0.5) is 5.69 Å². The minimum absolute atomic E-state index is 0.0962. The van der Waals surface area contributed by atoms with E-state index in [0.717, 1.165) is 16.8 Å². The van der Waals surface area contributed by atoms with Gasteiger partial charge in [0, 0.05) is 18.8 Å². The molecule has 0 unspecified atom stereocenters. The quantitative estimate of drug-likeness (QED) is 0.768. The molecule has 1 aliphatic heterocycles. The van der Waals surface area contributed by atoms with E-state index in [0.29, 0.717) is 25.1 Å². The Labute approximate surface area is 176 Å². The number of rotatable bonds is 5. The molecule has 156 valence electrons. The van der Waals surface area contributed by atoms with Crippen LogP contribution in [-0.2, 0) is 14.8 Å². The van der Waals surface area contributed by atoms with E-state index in [1.807, 2.05) is 32.0 Å². The Morgan fingerprint density at radius 2 is 2.00 bits per heavy atom. The molecule has 0 aromatic heterocycles. The highest BCUT2D eigenvalue weighted by Gasteiger charge is 2.33. The summed E-state index contributed by atoms with van der Waals surface area (Å²) < 4.78 is 32.6. The molecular formula is C21H25ClN2O4S. The van der Waals surface area contributed by atoms with Gasteiger partial charge in [-0.15, -0.1) is 0 Å². The Balaban J connectivity index is 1.76. The smallest absolute Gasteiger partial charge is 0.243 e. The van der Waals surface area contributed by atoms with Gasteiger partial charge in [0.2, 0.25) is 15.9 Å². The first-order valence-electron chi connectivity index (χ1n) is 9.45. The number of benzene rings is 2. The zero-order chi connectivity index (χ0) is 21.2. The van der Waals surface area contributed by atoms with Crippen LogP contribution in [0, 0.1) is 19.8 Å². The van der Waals surface area contributed by atoms with Gasteiger partial charge in [-0.2, -0.15) is 4.31 Å². The summed E-state index contributed by atoms with van der Waals surface area (Å²) in [5.41, 5.74) is 2.86. The van der Waals surface area contributed by atoms with Crippen molar-refractivity contribution in [1.29, 1.82) is 0 Å². The van der Waals surface area contributed by atoms with Crippen LogP contribution in [0.25, 0.3) is 0 Å². The molecule has 0 radical (unpaired) electrons. The maximum absolute atomic E-state index is 13.1. The number of nitrogens with one attached hydrogen (secondary N) is 1. The number of sulfonamides is 1. The number of amides is 1. The lowest BCUT2D eigenvalue weighted by Crippen LogP contribution is -2.43. The van der Waals surface area contributed by atoms with Crippen molar-refractivity contribution in [2.45, 2.75) is 31.6 Å². The highest BCUT2D eigenvalue weighted by molar-refractivity contribution is 7.89. The fraction of sp³-hybridized carbons (Fsp3) is 0.381. The number of methoxy groups -OCH3 is 1. The molecule has 0 spiro atoms. The van der Waals surface area contributed by atoms with Crippen LogP contribution in [0.15, 0.2) is 41.3 Å². The third-order valence-electron chi connectivity index (χ3n) is 5.38. The summed E-state index contributed by atoms with van der Waals surface area (Å²) in [5.74, 6) is -0.159. The summed E-state index contributed by atoms with van der Waals surface area (Å²) in [6.45, 7) is 4.46. The molecule has 1 amide bonds. The number of carbonyl (C=O) groups excluding carboxylic acids is 1. The molecule has 2 aromatic rings. The van der Waals surface area contributed by atoms with E-state index in [2.05, 4.69) is 5.32 Å². The van der Waals surface area contributed by atoms with E-state index in [-0.39, 0.29) is 22.4 Å². The Morgan fingerprint density at radius 1 is 1.24 bits per heavy atom. The summed E-state index contributed by atoms with van der Waals surface area (Å²) in [6, 6.07) is 10.1. The van der Waals surface area contributed by atoms with Gasteiger partial charge in [-0.1, -0.05) is 23.7 Å². The van der Waals surface area contributed by atoms with Gasteiger partial charge in [0.15, 0.2) is 0 Å². The molecule has 0 aliphatic carbocycles. The normalized spacial score (nSPS) is 17.7. The Bertz CT molecular complexity index is 1020. The van der Waals surface area contributed by atoms with Gasteiger partial charge in [0.05, 0.1) is 22.9 Å². The number of hydrogen-bond donors (Lipinski definition) is 1. The molecule has 6 nitrogen and oxygen atoms in total. The van der Waals surface area contributed by atoms with E-state index in [1.54, 1.807) is 0 Å². The summed E-state index contributed by atoms with van der Waals surface area (Å²) in [6.07, 6.45) is 1.26. The van der Waals surface area contributed by atoms with Crippen LogP contribution in [0.1, 0.15) is 24.0 Å². The molecule has 1 aliphatic rings. The molecule has 1 heterocycles. The molecule has 0 saturated carbocycles. The standard InChI is InChI=1S/C21H25ClN2O4S/c1-14-6-4-8-19(15(14)2)23-21(25)16-7-5-11-24(13-16)29(26,27)17-9-10-20(28-3)18(22)12-17/h4,6,8-10,12,16H,5,7,11,13H2,1-3H3,(H,23,25)/t16-/m1/s1. The summed E-state index contributed by atoms with van der Waals surface area (Å²) >= 11 is 6.10. The number of carbonyl (C=O) groups is 1. The predicted octanol–water partition coefficient (Wildman–Crippen LogP) is 4.00. The van der Waals surface area contributed by atoms with Crippen molar-refractivity contribution in [3.05, 3.63) is 52.5 Å². The minimum Gasteiger partial charge on any atom is -0.495 e. The van der Waals surface area contributed by atoms with Gasteiger partial charge >= 0.3 is 0 Å². The van der Waals surface area contributed by atoms with Crippen molar-refractivity contribution in [2.75, 3.05) is 25.5 Å². The number of piperidine rings is 1. The average Bonchev–Trinajstić information content (AvgIpc) is 2.71. The molecule has 3 rings (SSSR count). The second-order valence-corrected chi connectivity index (χ2v) is 9.58. The molecule has 1 atom stereocenters. The molecule has 1 saturated heterocycles. The topological polar surface area (TPSA) is 75.7 Å². The molecule has 8 heteroatoms. The Hall–Kier alpha value is -2.09. The highest BCUT2D eigenvalue weighted by Crippen LogP contribution is 2.30. The third kappa shape index (κ3) is 4.57. The fourth-order valence-electron chi connectivity index (χ4n) is 3.45. The van der Waals surface area contributed by atoms with Gasteiger partial charge in [-0.05, 0) is 62.1 Å². The van der Waals surface area contributed by atoms with Gasteiger partial charge in [-0.25, -0.2) is 8.42 Å². The molecular weight excluding hydrogens is 412 g/mol. The second-order valence-electron chi connectivity index (χ2n) is 7.24. The monoisotopic (exact) mass is 436 g/mol. The van der Waals surface area contributed by atoms with E-state index >= 15 is 0 Å². The first kappa shape index (κ1) is 21.6. The van der Waals surface area contributed by atoms with Gasteiger partial charge < -0.3 is 10.1 Å². The first-order chi connectivity index (χ1) is 13.7. The van der Waals surface area contributed by atoms with E-state index in [9.17, 15) is 13.2 Å². The van der Waals surface area contributed by atoms with E-state index in [4.69, 9.17) is 16.3 Å². The summed E-state index contributed by atoms with van der Waals surface area (Å²) in [4.78, 5) is 12.9. The van der Waals surface area contributed by atoms with Crippen LogP contribution in [0.3, 0.4) is 0 Å². The second kappa shape index (κ2) is 8.73. The maximum atomic E-state index is 13.1. The van der Waals surface area contributed by atoms with Crippen molar-refractivity contribution in [1.82, 2.24) is 4.31 Å². The van der Waals surface area contributed by atoms with Crippen LogP contribution < -0.4 is 10.1 Å².